The van der Waals surface area contributed by atoms with Gasteiger partial charge in [0, 0.05) is 32.7 Å². The predicted octanol–water partition coefficient (Wildman–Crippen LogP) is 1.98. The van der Waals surface area contributed by atoms with E-state index in [0.717, 1.165) is 5.57 Å². The van der Waals surface area contributed by atoms with Gasteiger partial charge >= 0.3 is 5.97 Å². The molecule has 1 N–H and O–H groups in total. The number of allylic oxidation sites excluding steroid dienone is 3. The number of carbonyl (C=O) groups is 1. The molecule has 5 heteroatoms. The Balaban J connectivity index is -0.000000200. The number of hydrogen-bond acceptors (Lipinski definition) is 3. The Morgan fingerprint density at radius 3 is 1.75 bits per heavy atom. The van der Waals surface area contributed by atoms with Gasteiger partial charge < -0.3 is 5.11 Å². The molecule has 0 aromatic heterocycles. The molecular weight excluding hydrogens is 281 g/mol. The van der Waals surface area contributed by atoms with Crippen LogP contribution in [-0.2, 0) is 37.5 Å². The molecule has 4 nitrogen and oxygen atoms in total. The minimum absolute atomic E-state index is 0. The first kappa shape index (κ1) is 20.2. The average Bonchev–Trinajstić information content (AvgIpc) is 2.16. The van der Waals surface area contributed by atoms with Crippen molar-refractivity contribution in [3.05, 3.63) is 36.0 Å². The van der Waals surface area contributed by atoms with Gasteiger partial charge in [0.2, 0.25) is 0 Å². The van der Waals surface area contributed by atoms with E-state index in [9.17, 15) is 4.79 Å². The summed E-state index contributed by atoms with van der Waals surface area (Å²) in [5.41, 5.74) is 0.946. The number of nitriles is 2. The standard InChI is InChI=1S/C7H8N.C4H3NO2.Y/c1-6(2)4-7(3)5-8;1-3(2-5)4(6)7;/h1H2,2-3H3;1H2,(H,6,7);/q-1;;. The second-order valence-corrected chi connectivity index (χ2v) is 2.54. The van der Waals surface area contributed by atoms with Crippen LogP contribution in [0.2, 0.25) is 0 Å². The Kier molecular flexibility index (Phi) is 15.0. The molecule has 0 aliphatic carbocycles. The van der Waals surface area contributed by atoms with Gasteiger partial charge in [-0.15, -0.1) is 0 Å². The number of nitrogens with zero attached hydrogens (tertiary/aromatic N) is 2. The Hall–Kier alpha value is -1.23. The molecule has 81 valence electrons. The Bertz CT molecular complexity index is 384. The van der Waals surface area contributed by atoms with E-state index < -0.39 is 11.5 Å². The maximum atomic E-state index is 9.61. The maximum absolute atomic E-state index is 9.61. The zero-order valence-corrected chi connectivity index (χ0v) is 12.1. The molecule has 0 atom stereocenters. The van der Waals surface area contributed by atoms with Crippen LogP contribution in [0.5, 0.6) is 0 Å². The van der Waals surface area contributed by atoms with Gasteiger partial charge in [0.25, 0.3) is 0 Å². The van der Waals surface area contributed by atoms with Gasteiger partial charge in [-0.2, -0.15) is 23.5 Å². The van der Waals surface area contributed by atoms with E-state index in [0.29, 0.717) is 5.57 Å². The first-order valence-corrected chi connectivity index (χ1v) is 3.83. The average molecular weight is 292 g/mol. The van der Waals surface area contributed by atoms with Crippen LogP contribution in [0, 0.1) is 28.7 Å². The number of rotatable bonds is 2. The molecule has 0 saturated carbocycles. The molecule has 0 aromatic carbocycles. The van der Waals surface area contributed by atoms with Gasteiger partial charge in [0.15, 0.2) is 0 Å². The molecular formula is C11H11N2O2Y-. The zero-order chi connectivity index (χ0) is 12.4. The fourth-order valence-corrected chi connectivity index (χ4v) is 0.396. The van der Waals surface area contributed by atoms with Gasteiger partial charge in [0.05, 0.1) is 0 Å². The molecule has 0 rings (SSSR count). The molecule has 0 aliphatic rings. The minimum atomic E-state index is -1.26. The first-order valence-electron chi connectivity index (χ1n) is 3.83. The van der Waals surface area contributed by atoms with Crippen molar-refractivity contribution in [3.8, 4) is 12.1 Å². The molecule has 0 spiro atoms. The van der Waals surface area contributed by atoms with Gasteiger partial charge in [-0.1, -0.05) is 32.1 Å². The van der Waals surface area contributed by atoms with Gasteiger partial charge in [0.1, 0.15) is 11.6 Å². The Morgan fingerprint density at radius 1 is 1.25 bits per heavy atom. The Labute approximate surface area is 120 Å². The molecule has 16 heavy (non-hydrogen) atoms. The van der Waals surface area contributed by atoms with Crippen LogP contribution in [0.15, 0.2) is 29.9 Å². The van der Waals surface area contributed by atoms with E-state index in [1.807, 2.05) is 6.07 Å². The molecule has 0 bridgehead atoms. The molecule has 0 unspecified atom stereocenters. The van der Waals surface area contributed by atoms with E-state index in [1.165, 1.54) is 6.07 Å². The van der Waals surface area contributed by atoms with Crippen LogP contribution >= 0.6 is 0 Å². The van der Waals surface area contributed by atoms with Crippen molar-refractivity contribution < 1.29 is 42.6 Å². The summed E-state index contributed by atoms with van der Waals surface area (Å²) in [4.78, 5) is 9.61. The maximum Gasteiger partial charge on any atom is 0.345 e. The number of carboxylic acids is 1. The molecule has 0 amide bonds. The molecule has 0 saturated heterocycles. The van der Waals surface area contributed by atoms with E-state index in [2.05, 4.69) is 19.2 Å². The van der Waals surface area contributed by atoms with Crippen molar-refractivity contribution >= 4 is 5.97 Å². The van der Waals surface area contributed by atoms with E-state index in [4.69, 9.17) is 15.6 Å². The van der Waals surface area contributed by atoms with Crippen LogP contribution < -0.4 is 0 Å². The van der Waals surface area contributed by atoms with Crippen molar-refractivity contribution in [2.24, 2.45) is 0 Å². The summed E-state index contributed by atoms with van der Waals surface area (Å²) in [7, 11) is 0. The summed E-state index contributed by atoms with van der Waals surface area (Å²) in [5, 5.41) is 23.8. The van der Waals surface area contributed by atoms with Gasteiger partial charge in [-0.05, 0) is 0 Å². The van der Waals surface area contributed by atoms with Gasteiger partial charge in [-0.3, -0.25) is 5.26 Å². The van der Waals surface area contributed by atoms with Crippen molar-refractivity contribution in [1.82, 2.24) is 0 Å². The third kappa shape index (κ3) is 15.3. The summed E-state index contributed by atoms with van der Waals surface area (Å²) in [5.74, 6) is -1.26. The topological polar surface area (TPSA) is 84.9 Å². The second-order valence-electron chi connectivity index (χ2n) is 2.54. The molecule has 0 aliphatic heterocycles. The van der Waals surface area contributed by atoms with E-state index >= 15 is 0 Å². The third-order valence-corrected chi connectivity index (χ3v) is 0.962. The molecule has 1 radical (unpaired) electrons. The van der Waals surface area contributed by atoms with Crippen molar-refractivity contribution in [2.75, 3.05) is 0 Å². The monoisotopic (exact) mass is 292 g/mol. The molecule has 0 aromatic rings. The van der Waals surface area contributed by atoms with Crippen LogP contribution in [0.25, 0.3) is 0 Å². The zero-order valence-electron chi connectivity index (χ0n) is 9.24. The van der Waals surface area contributed by atoms with Crippen molar-refractivity contribution in [3.63, 3.8) is 0 Å². The fourth-order valence-electron chi connectivity index (χ4n) is 0.396. The Morgan fingerprint density at radius 2 is 1.69 bits per heavy atom. The van der Waals surface area contributed by atoms with Gasteiger partial charge in [-0.25, -0.2) is 4.79 Å². The van der Waals surface area contributed by atoms with Crippen LogP contribution in [0.4, 0.5) is 0 Å². The van der Waals surface area contributed by atoms with Crippen LogP contribution in [-0.4, -0.2) is 11.1 Å². The number of carboxylic acid groups (broad SMARTS) is 1. The second kappa shape index (κ2) is 11.8. The fraction of sp³-hybridized carbons (Fsp3) is 0.182. The quantitative estimate of drug-likeness (QED) is 0.365. The van der Waals surface area contributed by atoms with Crippen LogP contribution in [0.3, 0.4) is 0 Å². The summed E-state index contributed by atoms with van der Waals surface area (Å²) < 4.78 is 0. The SMILES string of the molecule is C=C(C#N)C(=O)O.C=C(C)[C-]=C(C)C#N.[Y]. The van der Waals surface area contributed by atoms with E-state index in [-0.39, 0.29) is 32.7 Å². The number of hydrogen-bond donors (Lipinski definition) is 1. The minimum Gasteiger partial charge on any atom is -0.477 e. The molecule has 0 heterocycles. The summed E-state index contributed by atoms with van der Waals surface area (Å²) in [6, 6.07) is 3.31. The summed E-state index contributed by atoms with van der Waals surface area (Å²) in [6.07, 6.45) is 2.75. The largest absolute Gasteiger partial charge is 0.477 e. The smallest absolute Gasteiger partial charge is 0.345 e. The third-order valence-electron chi connectivity index (χ3n) is 0.962. The first-order chi connectivity index (χ1) is 6.84. The van der Waals surface area contributed by atoms with Crippen molar-refractivity contribution in [1.29, 1.82) is 10.5 Å². The molecule has 0 fully saturated rings. The normalized spacial score (nSPS) is 8.12. The predicted molar refractivity (Wildman–Crippen MR) is 55.2 cm³/mol. The van der Waals surface area contributed by atoms with Crippen molar-refractivity contribution in [2.45, 2.75) is 13.8 Å². The summed E-state index contributed by atoms with van der Waals surface area (Å²) in [6.45, 7) is 9.98. The van der Waals surface area contributed by atoms with Crippen LogP contribution in [0.1, 0.15) is 13.8 Å². The van der Waals surface area contributed by atoms with E-state index in [1.54, 1.807) is 13.8 Å². The summed E-state index contributed by atoms with van der Waals surface area (Å²) >= 11 is 0. The number of aliphatic carboxylic acids is 1.